The van der Waals surface area contributed by atoms with Crippen molar-refractivity contribution in [2.24, 2.45) is 0 Å². The Morgan fingerprint density at radius 2 is 1.64 bits per heavy atom. The Balaban J connectivity index is 0.00000312. The van der Waals surface area contributed by atoms with E-state index in [0.717, 1.165) is 10.5 Å². The van der Waals surface area contributed by atoms with Crippen LogP contribution in [0, 0.1) is 0 Å². The van der Waals surface area contributed by atoms with Gasteiger partial charge in [-0.3, -0.25) is 0 Å². The van der Waals surface area contributed by atoms with E-state index in [0.29, 0.717) is 5.56 Å². The van der Waals surface area contributed by atoms with Gasteiger partial charge in [0.05, 0.1) is 7.11 Å². The molecular weight excluding hydrogens is 397 g/mol. The number of para-hydroxylation sites is 1. The van der Waals surface area contributed by atoms with Gasteiger partial charge in [-0.25, -0.2) is 0 Å². The molecule has 0 amide bonds. The molecule has 4 nitrogen and oxygen atoms in total. The molecule has 0 aromatic heterocycles. The molecule has 0 saturated heterocycles. The van der Waals surface area contributed by atoms with Crippen LogP contribution in [0.25, 0.3) is 0 Å². The third-order valence-corrected chi connectivity index (χ3v) is 4.55. The minimum Gasteiger partial charge on any atom is -0.376 e. The molecule has 25 heavy (non-hydrogen) atoms. The standard InChI is InChI=1S/C15H13F3O4S2.H2S/c1-21-23-13-8-6-11(7-9-13)10-12-4-2-3-5-14(12)22-24(19,20)15(16,17)18;/h2-9H,10H2,1H3;1H2. The topological polar surface area (TPSA) is 52.6 Å². The van der Waals surface area contributed by atoms with Crippen LogP contribution in [0.15, 0.2) is 53.4 Å². The molecule has 138 valence electrons. The number of alkyl halides is 3. The van der Waals surface area contributed by atoms with Crippen LogP contribution < -0.4 is 4.18 Å². The number of halogens is 3. The molecule has 0 N–H and O–H groups in total. The molecule has 0 aliphatic rings. The van der Waals surface area contributed by atoms with Gasteiger partial charge < -0.3 is 8.37 Å². The van der Waals surface area contributed by atoms with E-state index < -0.39 is 15.6 Å². The van der Waals surface area contributed by atoms with E-state index in [2.05, 4.69) is 4.18 Å². The first-order valence-corrected chi connectivity index (χ1v) is 8.76. The lowest BCUT2D eigenvalue weighted by molar-refractivity contribution is -0.0500. The van der Waals surface area contributed by atoms with E-state index in [4.69, 9.17) is 4.18 Å². The van der Waals surface area contributed by atoms with Crippen molar-refractivity contribution in [3.05, 3.63) is 59.7 Å². The summed E-state index contributed by atoms with van der Waals surface area (Å²) in [4.78, 5) is 0.866. The SMILES string of the molecule is COSc1ccc(Cc2ccccc2OS(=O)(=O)C(F)(F)F)cc1.S. The van der Waals surface area contributed by atoms with Gasteiger partial charge in [-0.1, -0.05) is 30.3 Å². The summed E-state index contributed by atoms with van der Waals surface area (Å²) in [5.74, 6) is -0.342. The molecule has 2 aromatic rings. The Hall–Kier alpha value is -1.36. The van der Waals surface area contributed by atoms with Gasteiger partial charge in [0.2, 0.25) is 0 Å². The van der Waals surface area contributed by atoms with E-state index in [1.807, 2.05) is 0 Å². The van der Waals surface area contributed by atoms with Crippen molar-refractivity contribution in [1.29, 1.82) is 0 Å². The fraction of sp³-hybridized carbons (Fsp3) is 0.200. The van der Waals surface area contributed by atoms with Crippen molar-refractivity contribution >= 4 is 35.7 Å². The Morgan fingerprint density at radius 3 is 2.20 bits per heavy atom. The first-order valence-electron chi connectivity index (χ1n) is 6.61. The summed E-state index contributed by atoms with van der Waals surface area (Å²) in [5.41, 5.74) is -4.35. The zero-order valence-electron chi connectivity index (χ0n) is 12.9. The first kappa shape index (κ1) is 21.7. The summed E-state index contributed by atoms with van der Waals surface area (Å²) in [7, 11) is -4.16. The maximum Gasteiger partial charge on any atom is 0.534 e. The van der Waals surface area contributed by atoms with Crippen LogP contribution in [-0.2, 0) is 20.7 Å². The van der Waals surface area contributed by atoms with Crippen LogP contribution in [0.2, 0.25) is 0 Å². The number of hydrogen-bond donors (Lipinski definition) is 0. The summed E-state index contributed by atoms with van der Waals surface area (Å²) >= 11 is 1.18. The molecule has 0 spiro atoms. The molecule has 0 atom stereocenters. The van der Waals surface area contributed by atoms with Gasteiger partial charge in [-0.05, 0) is 23.8 Å². The highest BCUT2D eigenvalue weighted by molar-refractivity contribution is 7.94. The second-order valence-corrected chi connectivity index (χ2v) is 7.17. The van der Waals surface area contributed by atoms with Gasteiger partial charge in [0.25, 0.3) is 0 Å². The minimum atomic E-state index is -5.70. The van der Waals surface area contributed by atoms with Gasteiger partial charge in [-0.2, -0.15) is 35.1 Å². The zero-order valence-corrected chi connectivity index (χ0v) is 15.5. The van der Waals surface area contributed by atoms with Crippen LogP contribution in [0.1, 0.15) is 11.1 Å². The summed E-state index contributed by atoms with van der Waals surface area (Å²) in [6.07, 6.45) is 0.224. The van der Waals surface area contributed by atoms with Crippen molar-refractivity contribution < 1.29 is 30.0 Å². The lowest BCUT2D eigenvalue weighted by atomic mass is 10.0. The van der Waals surface area contributed by atoms with Gasteiger partial charge in [0, 0.05) is 28.9 Å². The molecule has 2 aromatic carbocycles. The van der Waals surface area contributed by atoms with Crippen molar-refractivity contribution in [3.63, 3.8) is 0 Å². The molecule has 0 fully saturated rings. The smallest absolute Gasteiger partial charge is 0.376 e. The minimum absolute atomic E-state index is 0. The second-order valence-electron chi connectivity index (χ2n) is 4.66. The monoisotopic (exact) mass is 412 g/mol. The molecule has 0 bridgehead atoms. The number of hydrogen-bond acceptors (Lipinski definition) is 5. The van der Waals surface area contributed by atoms with Crippen LogP contribution >= 0.6 is 25.5 Å². The molecule has 0 unspecified atom stereocenters. The van der Waals surface area contributed by atoms with E-state index >= 15 is 0 Å². The zero-order chi connectivity index (χ0) is 17.8. The quantitative estimate of drug-likeness (QED) is 0.403. The van der Waals surface area contributed by atoms with Gasteiger partial charge in [0.15, 0.2) is 0 Å². The maximum absolute atomic E-state index is 12.5. The number of rotatable bonds is 6. The second kappa shape index (κ2) is 8.84. The molecule has 0 saturated carbocycles. The van der Waals surface area contributed by atoms with Crippen LogP contribution in [-0.4, -0.2) is 21.0 Å². The number of benzene rings is 2. The summed E-state index contributed by atoms with van der Waals surface area (Å²) < 4.78 is 68.9. The maximum atomic E-state index is 12.5. The van der Waals surface area contributed by atoms with E-state index in [1.54, 1.807) is 30.3 Å². The predicted molar refractivity (Wildman–Crippen MR) is 94.5 cm³/mol. The highest BCUT2D eigenvalue weighted by Gasteiger charge is 2.48. The van der Waals surface area contributed by atoms with E-state index in [-0.39, 0.29) is 25.7 Å². The summed E-state index contributed by atoms with van der Waals surface area (Å²) in [6.45, 7) is 0. The largest absolute Gasteiger partial charge is 0.534 e. The lowest BCUT2D eigenvalue weighted by Crippen LogP contribution is -2.28. The molecule has 2 rings (SSSR count). The third-order valence-electron chi connectivity index (χ3n) is 2.95. The van der Waals surface area contributed by atoms with E-state index in [9.17, 15) is 21.6 Å². The average Bonchev–Trinajstić information content (AvgIpc) is 2.50. The third kappa shape index (κ3) is 5.84. The average molecular weight is 412 g/mol. The summed E-state index contributed by atoms with van der Waals surface area (Å²) in [6, 6.07) is 12.8. The van der Waals surface area contributed by atoms with Crippen LogP contribution in [0.5, 0.6) is 5.75 Å². The van der Waals surface area contributed by atoms with Crippen molar-refractivity contribution in [2.75, 3.05) is 7.11 Å². The Morgan fingerprint density at radius 1 is 1.04 bits per heavy atom. The van der Waals surface area contributed by atoms with Crippen LogP contribution in [0.4, 0.5) is 13.2 Å². The summed E-state index contributed by atoms with van der Waals surface area (Å²) in [5, 5.41) is 0. The molecule has 10 heteroatoms. The molecule has 0 radical (unpaired) electrons. The molecular formula is C15H15F3O4S3. The van der Waals surface area contributed by atoms with Crippen molar-refractivity contribution in [3.8, 4) is 5.75 Å². The Kier molecular flexibility index (Phi) is 7.66. The highest BCUT2D eigenvalue weighted by Crippen LogP contribution is 2.30. The van der Waals surface area contributed by atoms with Crippen molar-refractivity contribution in [1.82, 2.24) is 0 Å². The fourth-order valence-corrected chi connectivity index (χ4v) is 2.81. The normalized spacial score (nSPS) is 11.7. The molecule has 0 aliphatic carbocycles. The Labute approximate surface area is 155 Å². The van der Waals surface area contributed by atoms with Crippen molar-refractivity contribution in [2.45, 2.75) is 16.8 Å². The highest BCUT2D eigenvalue weighted by atomic mass is 32.2. The van der Waals surface area contributed by atoms with E-state index in [1.165, 1.54) is 37.4 Å². The first-order chi connectivity index (χ1) is 11.2. The molecule has 0 aliphatic heterocycles. The Bertz CT molecular complexity index is 790. The van der Waals surface area contributed by atoms with Crippen LogP contribution in [0.3, 0.4) is 0 Å². The fourth-order valence-electron chi connectivity index (χ4n) is 1.88. The van der Waals surface area contributed by atoms with Gasteiger partial charge >= 0.3 is 15.6 Å². The lowest BCUT2D eigenvalue weighted by Gasteiger charge is -2.13. The molecule has 0 heterocycles. The van der Waals surface area contributed by atoms with Gasteiger partial charge in [-0.15, -0.1) is 0 Å². The van der Waals surface area contributed by atoms with Gasteiger partial charge in [0.1, 0.15) is 5.75 Å². The predicted octanol–water partition coefficient (Wildman–Crippen LogP) is 4.27.